The van der Waals surface area contributed by atoms with Crippen molar-refractivity contribution in [3.05, 3.63) is 29.8 Å². The van der Waals surface area contributed by atoms with Crippen LogP contribution in [0.2, 0.25) is 0 Å². The molecule has 1 atom stereocenters. The Labute approximate surface area is 139 Å². The van der Waals surface area contributed by atoms with Crippen LogP contribution in [0.25, 0.3) is 0 Å². The first-order chi connectivity index (χ1) is 11.2. The van der Waals surface area contributed by atoms with Gasteiger partial charge in [-0.15, -0.1) is 0 Å². The Hall–Kier alpha value is -1.75. The van der Waals surface area contributed by atoms with Gasteiger partial charge in [0.1, 0.15) is 5.75 Å². The molecule has 1 aromatic carbocycles. The number of methoxy groups -OCH3 is 1. The van der Waals surface area contributed by atoms with Crippen LogP contribution in [0.3, 0.4) is 0 Å². The van der Waals surface area contributed by atoms with Crippen molar-refractivity contribution in [2.45, 2.75) is 51.8 Å². The van der Waals surface area contributed by atoms with Crippen molar-refractivity contribution < 1.29 is 9.47 Å². The third kappa shape index (κ3) is 5.75. The molecule has 1 aliphatic rings. The Morgan fingerprint density at radius 3 is 2.78 bits per heavy atom. The number of guanidine groups is 1. The van der Waals surface area contributed by atoms with Crippen molar-refractivity contribution in [1.29, 1.82) is 0 Å². The van der Waals surface area contributed by atoms with E-state index in [1.165, 1.54) is 6.42 Å². The van der Waals surface area contributed by atoms with Gasteiger partial charge in [0.25, 0.3) is 0 Å². The minimum Gasteiger partial charge on any atom is -0.490 e. The molecular weight excluding hydrogens is 290 g/mol. The molecule has 0 spiro atoms. The quantitative estimate of drug-likeness (QED) is 0.571. The van der Waals surface area contributed by atoms with E-state index < -0.39 is 0 Å². The summed E-state index contributed by atoms with van der Waals surface area (Å²) in [4.78, 5) is 4.68. The molecular formula is C18H29N3O2. The van der Waals surface area contributed by atoms with Crippen LogP contribution in [-0.2, 0) is 11.3 Å². The lowest BCUT2D eigenvalue weighted by Crippen LogP contribution is -2.43. The molecule has 1 fully saturated rings. The van der Waals surface area contributed by atoms with Crippen molar-refractivity contribution in [2.24, 2.45) is 4.99 Å². The maximum atomic E-state index is 6.06. The van der Waals surface area contributed by atoms with Gasteiger partial charge in [-0.1, -0.05) is 18.2 Å². The first-order valence-corrected chi connectivity index (χ1v) is 8.51. The fourth-order valence-corrected chi connectivity index (χ4v) is 2.43. The predicted octanol–water partition coefficient (Wildman–Crippen LogP) is 2.71. The Morgan fingerprint density at radius 1 is 1.35 bits per heavy atom. The maximum Gasteiger partial charge on any atom is 0.191 e. The molecule has 128 valence electrons. The van der Waals surface area contributed by atoms with Gasteiger partial charge in [-0.05, 0) is 39.2 Å². The van der Waals surface area contributed by atoms with Crippen LogP contribution in [0.4, 0.5) is 0 Å². The second-order valence-corrected chi connectivity index (χ2v) is 5.97. The lowest BCUT2D eigenvalue weighted by atomic mass is 9.96. The topological polar surface area (TPSA) is 54.9 Å². The van der Waals surface area contributed by atoms with Crippen LogP contribution >= 0.6 is 0 Å². The Kier molecular flexibility index (Phi) is 7.20. The second-order valence-electron chi connectivity index (χ2n) is 5.97. The number of aliphatic imine (C=N–C) groups is 1. The molecule has 1 saturated carbocycles. The fraction of sp³-hybridized carbons (Fsp3) is 0.611. The van der Waals surface area contributed by atoms with E-state index in [1.54, 1.807) is 7.11 Å². The number of nitrogens with one attached hydrogen (secondary N) is 2. The monoisotopic (exact) mass is 319 g/mol. The Bertz CT molecular complexity index is 501. The summed E-state index contributed by atoms with van der Waals surface area (Å²) < 4.78 is 11.2. The van der Waals surface area contributed by atoms with Crippen LogP contribution in [0, 0.1) is 0 Å². The van der Waals surface area contributed by atoms with E-state index in [0.29, 0.717) is 19.3 Å². The highest BCUT2D eigenvalue weighted by molar-refractivity contribution is 5.80. The minimum absolute atomic E-state index is 0.208. The SMILES string of the molecule is CCNC(=NCc1ccccc1OC1CCC1)NC(C)COC. The van der Waals surface area contributed by atoms with Crippen LogP contribution in [0.1, 0.15) is 38.7 Å². The van der Waals surface area contributed by atoms with Crippen molar-refractivity contribution >= 4 is 5.96 Å². The third-order valence-electron chi connectivity index (χ3n) is 3.87. The molecule has 5 heteroatoms. The number of hydrogen-bond acceptors (Lipinski definition) is 3. The van der Waals surface area contributed by atoms with E-state index in [-0.39, 0.29) is 6.04 Å². The van der Waals surface area contributed by atoms with Crippen molar-refractivity contribution in [3.63, 3.8) is 0 Å². The van der Waals surface area contributed by atoms with Gasteiger partial charge in [-0.3, -0.25) is 0 Å². The lowest BCUT2D eigenvalue weighted by molar-refractivity contribution is 0.119. The molecule has 0 bridgehead atoms. The molecule has 0 aliphatic heterocycles. The second kappa shape index (κ2) is 9.40. The van der Waals surface area contributed by atoms with Crippen LogP contribution in [0.15, 0.2) is 29.3 Å². The number of nitrogens with zero attached hydrogens (tertiary/aromatic N) is 1. The summed E-state index contributed by atoms with van der Waals surface area (Å²) in [5.41, 5.74) is 1.12. The van der Waals surface area contributed by atoms with E-state index in [1.807, 2.05) is 18.2 Å². The van der Waals surface area contributed by atoms with Crippen LogP contribution in [0.5, 0.6) is 5.75 Å². The molecule has 23 heavy (non-hydrogen) atoms. The highest BCUT2D eigenvalue weighted by Crippen LogP contribution is 2.27. The molecule has 0 amide bonds. The van der Waals surface area contributed by atoms with E-state index in [2.05, 4.69) is 35.5 Å². The zero-order valence-electron chi connectivity index (χ0n) is 14.5. The summed E-state index contributed by atoms with van der Waals surface area (Å²) in [5, 5.41) is 6.61. The average molecular weight is 319 g/mol. The zero-order valence-corrected chi connectivity index (χ0v) is 14.5. The van der Waals surface area contributed by atoms with Gasteiger partial charge in [0.05, 0.1) is 19.3 Å². The molecule has 0 heterocycles. The summed E-state index contributed by atoms with van der Waals surface area (Å²) in [6, 6.07) is 8.38. The molecule has 2 N–H and O–H groups in total. The summed E-state index contributed by atoms with van der Waals surface area (Å²) in [5.74, 6) is 1.76. The van der Waals surface area contributed by atoms with Crippen molar-refractivity contribution in [2.75, 3.05) is 20.3 Å². The zero-order chi connectivity index (χ0) is 16.5. The van der Waals surface area contributed by atoms with Gasteiger partial charge in [-0.25, -0.2) is 4.99 Å². The van der Waals surface area contributed by atoms with Gasteiger partial charge in [0.2, 0.25) is 0 Å². The molecule has 0 radical (unpaired) electrons. The molecule has 5 nitrogen and oxygen atoms in total. The number of benzene rings is 1. The highest BCUT2D eigenvalue weighted by atomic mass is 16.5. The molecule has 0 aromatic heterocycles. The number of hydrogen-bond donors (Lipinski definition) is 2. The van der Waals surface area contributed by atoms with Crippen molar-refractivity contribution in [1.82, 2.24) is 10.6 Å². The van der Waals surface area contributed by atoms with Gasteiger partial charge < -0.3 is 20.1 Å². The highest BCUT2D eigenvalue weighted by Gasteiger charge is 2.20. The molecule has 1 aliphatic carbocycles. The van der Waals surface area contributed by atoms with E-state index in [0.717, 1.165) is 36.7 Å². The summed E-state index contributed by atoms with van der Waals surface area (Å²) in [6.45, 7) is 6.20. The van der Waals surface area contributed by atoms with E-state index in [4.69, 9.17) is 9.47 Å². The molecule has 0 saturated heterocycles. The molecule has 1 aromatic rings. The van der Waals surface area contributed by atoms with Crippen LogP contribution < -0.4 is 15.4 Å². The normalized spacial score (nSPS) is 16.6. The molecule has 1 unspecified atom stereocenters. The minimum atomic E-state index is 0.208. The van der Waals surface area contributed by atoms with Gasteiger partial charge >= 0.3 is 0 Å². The lowest BCUT2D eigenvalue weighted by Gasteiger charge is -2.27. The summed E-state index contributed by atoms with van der Waals surface area (Å²) in [6.07, 6.45) is 3.98. The van der Waals surface area contributed by atoms with Crippen LogP contribution in [-0.4, -0.2) is 38.4 Å². The average Bonchev–Trinajstić information content (AvgIpc) is 2.50. The van der Waals surface area contributed by atoms with Gasteiger partial charge in [0, 0.05) is 25.3 Å². The predicted molar refractivity (Wildman–Crippen MR) is 94.0 cm³/mol. The first kappa shape index (κ1) is 17.6. The third-order valence-corrected chi connectivity index (χ3v) is 3.87. The smallest absolute Gasteiger partial charge is 0.191 e. The van der Waals surface area contributed by atoms with Gasteiger partial charge in [0.15, 0.2) is 5.96 Å². The van der Waals surface area contributed by atoms with Gasteiger partial charge in [-0.2, -0.15) is 0 Å². The standard InChI is InChI=1S/C18H29N3O2/c1-4-19-18(21-14(2)13-22-3)20-12-15-8-5-6-11-17(15)23-16-9-7-10-16/h5-6,8,11,14,16H,4,7,9-10,12-13H2,1-3H3,(H2,19,20,21). The van der Waals surface area contributed by atoms with E-state index in [9.17, 15) is 0 Å². The summed E-state index contributed by atoms with van der Waals surface area (Å²) in [7, 11) is 1.70. The number of para-hydroxylation sites is 1. The fourth-order valence-electron chi connectivity index (χ4n) is 2.43. The number of rotatable bonds is 8. The van der Waals surface area contributed by atoms with Crippen molar-refractivity contribution in [3.8, 4) is 5.75 Å². The molecule has 2 rings (SSSR count). The maximum absolute atomic E-state index is 6.06. The largest absolute Gasteiger partial charge is 0.490 e. The first-order valence-electron chi connectivity index (χ1n) is 8.51. The Balaban J connectivity index is 1.99. The number of ether oxygens (including phenoxy) is 2. The summed E-state index contributed by atoms with van der Waals surface area (Å²) >= 11 is 0. The Morgan fingerprint density at radius 2 is 2.13 bits per heavy atom. The van der Waals surface area contributed by atoms with E-state index >= 15 is 0 Å².